The Bertz CT molecular complexity index is 1130. The number of carboxylic acid groups (broad SMARTS) is 1. The standard InChI is InChI=1S/C29H44N6O7/c1-16(2)23(31)27(39)34-24(17(3)4)28(40)35-14-8-11-21(35)26(38)33-20(15-18-9-6-5-7-10-18)25(37)32-19(29(41)42)12-13-22(30)36/h5-7,9-10,16-17,19-21,23-24H,8,11-15,31H2,1-4H3,(H2,30,36)(H,32,37)(H,33,38)(H,34,39)(H,41,42)/t19-,20-,21-,23-,24-/m0/s1. The summed E-state index contributed by atoms with van der Waals surface area (Å²) in [7, 11) is 0. The zero-order valence-electron chi connectivity index (χ0n) is 24.7. The molecule has 1 heterocycles. The number of carboxylic acids is 1. The van der Waals surface area contributed by atoms with Crippen molar-refractivity contribution in [1.82, 2.24) is 20.9 Å². The van der Waals surface area contributed by atoms with Crippen molar-refractivity contribution in [1.29, 1.82) is 0 Å². The maximum Gasteiger partial charge on any atom is 0.326 e. The molecule has 2 rings (SSSR count). The highest BCUT2D eigenvalue weighted by Gasteiger charge is 2.40. The summed E-state index contributed by atoms with van der Waals surface area (Å²) in [5, 5.41) is 17.4. The van der Waals surface area contributed by atoms with Crippen LogP contribution < -0.4 is 27.4 Å². The molecule has 0 bridgehead atoms. The average Bonchev–Trinajstić information content (AvgIpc) is 3.43. The number of likely N-dealkylation sites (tertiary alicyclic amines) is 1. The molecule has 5 atom stereocenters. The van der Waals surface area contributed by atoms with Crippen molar-refractivity contribution in [2.24, 2.45) is 23.3 Å². The van der Waals surface area contributed by atoms with Gasteiger partial charge in [-0.3, -0.25) is 24.0 Å². The first-order valence-electron chi connectivity index (χ1n) is 14.2. The van der Waals surface area contributed by atoms with Crippen molar-refractivity contribution in [3.05, 3.63) is 35.9 Å². The Labute approximate surface area is 246 Å². The van der Waals surface area contributed by atoms with Gasteiger partial charge >= 0.3 is 5.97 Å². The van der Waals surface area contributed by atoms with Crippen LogP contribution in [-0.4, -0.2) is 82.3 Å². The van der Waals surface area contributed by atoms with Crippen LogP contribution in [0.15, 0.2) is 30.3 Å². The molecule has 42 heavy (non-hydrogen) atoms. The Morgan fingerprint density at radius 2 is 1.57 bits per heavy atom. The molecule has 0 radical (unpaired) electrons. The maximum absolute atomic E-state index is 13.6. The molecular weight excluding hydrogens is 544 g/mol. The molecule has 0 saturated carbocycles. The number of nitrogens with zero attached hydrogens (tertiary/aromatic N) is 1. The van der Waals surface area contributed by atoms with Gasteiger partial charge in [-0.1, -0.05) is 58.0 Å². The van der Waals surface area contributed by atoms with Crippen molar-refractivity contribution >= 4 is 35.5 Å². The average molecular weight is 589 g/mol. The fraction of sp³-hybridized carbons (Fsp3) is 0.586. The van der Waals surface area contributed by atoms with E-state index in [0.29, 0.717) is 18.4 Å². The van der Waals surface area contributed by atoms with Gasteiger partial charge in [0.25, 0.3) is 0 Å². The van der Waals surface area contributed by atoms with E-state index in [9.17, 15) is 33.9 Å². The van der Waals surface area contributed by atoms with Crippen LogP contribution in [-0.2, 0) is 35.2 Å². The number of primary amides is 1. The minimum atomic E-state index is -1.39. The summed E-state index contributed by atoms with van der Waals surface area (Å²) in [5.41, 5.74) is 11.8. The van der Waals surface area contributed by atoms with Gasteiger partial charge in [0.1, 0.15) is 24.2 Å². The smallest absolute Gasteiger partial charge is 0.326 e. The van der Waals surface area contributed by atoms with E-state index in [1.165, 1.54) is 4.90 Å². The molecule has 5 amide bonds. The summed E-state index contributed by atoms with van der Waals surface area (Å²) in [6.07, 6.45) is 0.479. The number of nitrogens with two attached hydrogens (primary N) is 2. The number of hydrogen-bond donors (Lipinski definition) is 6. The Hall–Kier alpha value is -4.00. The first kappa shape index (κ1) is 34.2. The molecule has 0 aliphatic carbocycles. The lowest BCUT2D eigenvalue weighted by Crippen LogP contribution is -2.59. The molecule has 1 aromatic rings. The summed E-state index contributed by atoms with van der Waals surface area (Å²) >= 11 is 0. The highest BCUT2D eigenvalue weighted by molar-refractivity contribution is 5.96. The van der Waals surface area contributed by atoms with E-state index in [-0.39, 0.29) is 37.6 Å². The molecule has 1 aliphatic rings. The van der Waals surface area contributed by atoms with Crippen molar-refractivity contribution in [2.75, 3.05) is 6.54 Å². The van der Waals surface area contributed by atoms with Crippen LogP contribution in [0.4, 0.5) is 0 Å². The van der Waals surface area contributed by atoms with Gasteiger partial charge in [0, 0.05) is 19.4 Å². The lowest BCUT2D eigenvalue weighted by Gasteiger charge is -2.32. The molecule has 1 aliphatic heterocycles. The normalized spacial score (nSPS) is 17.7. The van der Waals surface area contributed by atoms with Crippen molar-refractivity contribution in [3.8, 4) is 0 Å². The Balaban J connectivity index is 2.24. The number of rotatable bonds is 15. The monoisotopic (exact) mass is 588 g/mol. The Morgan fingerprint density at radius 1 is 0.929 bits per heavy atom. The fourth-order valence-corrected chi connectivity index (χ4v) is 4.69. The van der Waals surface area contributed by atoms with Gasteiger partial charge in [-0.25, -0.2) is 4.79 Å². The molecule has 232 valence electrons. The van der Waals surface area contributed by atoms with E-state index in [4.69, 9.17) is 11.5 Å². The number of nitrogens with one attached hydrogen (secondary N) is 3. The fourth-order valence-electron chi connectivity index (χ4n) is 4.69. The molecule has 1 fully saturated rings. The molecule has 0 aromatic heterocycles. The van der Waals surface area contributed by atoms with Gasteiger partial charge in [0.2, 0.25) is 29.5 Å². The number of benzene rings is 1. The summed E-state index contributed by atoms with van der Waals surface area (Å²) in [6, 6.07) is 3.69. The SMILES string of the molecule is CC(C)[C@H](N)C(=O)N[C@H](C(=O)N1CCC[C@H]1C(=O)N[C@@H](Cc1ccccc1)C(=O)N[C@@H](CCC(N)=O)C(=O)O)C(C)C. The third-order valence-corrected chi connectivity index (χ3v) is 7.30. The quantitative estimate of drug-likeness (QED) is 0.159. The maximum atomic E-state index is 13.6. The van der Waals surface area contributed by atoms with E-state index in [1.807, 2.05) is 0 Å². The summed E-state index contributed by atoms with van der Waals surface area (Å²) in [5.74, 6) is -4.69. The lowest BCUT2D eigenvalue weighted by molar-refractivity contribution is -0.144. The summed E-state index contributed by atoms with van der Waals surface area (Å²) in [4.78, 5) is 77.4. The molecule has 1 aromatic carbocycles. The van der Waals surface area contributed by atoms with E-state index in [2.05, 4.69) is 16.0 Å². The van der Waals surface area contributed by atoms with Crippen molar-refractivity contribution in [3.63, 3.8) is 0 Å². The van der Waals surface area contributed by atoms with Gasteiger partial charge < -0.3 is 37.4 Å². The highest BCUT2D eigenvalue weighted by Crippen LogP contribution is 2.21. The Kier molecular flexibility index (Phi) is 12.9. The van der Waals surface area contributed by atoms with Crippen LogP contribution in [0.1, 0.15) is 58.9 Å². The molecule has 13 nitrogen and oxygen atoms in total. The third-order valence-electron chi connectivity index (χ3n) is 7.30. The van der Waals surface area contributed by atoms with Crippen molar-refractivity contribution < 1.29 is 33.9 Å². The number of carbonyl (C=O) groups excluding carboxylic acids is 5. The van der Waals surface area contributed by atoms with E-state index in [1.54, 1.807) is 58.0 Å². The van der Waals surface area contributed by atoms with Gasteiger partial charge in [0.15, 0.2) is 0 Å². The van der Waals surface area contributed by atoms with Crippen molar-refractivity contribution in [2.45, 2.75) is 90.0 Å². The zero-order valence-corrected chi connectivity index (χ0v) is 24.7. The second kappa shape index (κ2) is 15.9. The minimum absolute atomic E-state index is 0.0546. The minimum Gasteiger partial charge on any atom is -0.480 e. The number of amides is 5. The number of hydrogen-bond acceptors (Lipinski definition) is 7. The topological polar surface area (TPSA) is 214 Å². The third kappa shape index (κ3) is 9.82. The molecule has 0 unspecified atom stereocenters. The van der Waals surface area contributed by atoms with Crippen LogP contribution in [0.2, 0.25) is 0 Å². The molecule has 8 N–H and O–H groups in total. The predicted molar refractivity (Wildman–Crippen MR) is 154 cm³/mol. The van der Waals surface area contributed by atoms with E-state index < -0.39 is 65.7 Å². The first-order chi connectivity index (χ1) is 19.7. The molecular formula is C29H44N6O7. The first-order valence-corrected chi connectivity index (χ1v) is 14.2. The lowest BCUT2D eigenvalue weighted by atomic mass is 9.99. The number of carbonyl (C=O) groups is 6. The summed E-state index contributed by atoms with van der Waals surface area (Å²) in [6.45, 7) is 7.46. The van der Waals surface area contributed by atoms with Crippen LogP contribution >= 0.6 is 0 Å². The highest BCUT2D eigenvalue weighted by atomic mass is 16.4. The Morgan fingerprint density at radius 3 is 2.12 bits per heavy atom. The van der Waals surface area contributed by atoms with Gasteiger partial charge in [-0.2, -0.15) is 0 Å². The second-order valence-electron chi connectivity index (χ2n) is 11.3. The molecule has 13 heteroatoms. The van der Waals surface area contributed by atoms with E-state index in [0.717, 1.165) is 0 Å². The van der Waals surface area contributed by atoms with Crippen LogP contribution in [0.5, 0.6) is 0 Å². The van der Waals surface area contributed by atoms with Crippen LogP contribution in [0.25, 0.3) is 0 Å². The molecule has 1 saturated heterocycles. The molecule has 0 spiro atoms. The number of aliphatic carboxylic acids is 1. The summed E-state index contributed by atoms with van der Waals surface area (Å²) < 4.78 is 0. The van der Waals surface area contributed by atoms with Crippen LogP contribution in [0, 0.1) is 11.8 Å². The van der Waals surface area contributed by atoms with Gasteiger partial charge in [0.05, 0.1) is 6.04 Å². The van der Waals surface area contributed by atoms with Gasteiger partial charge in [-0.15, -0.1) is 0 Å². The van der Waals surface area contributed by atoms with Gasteiger partial charge in [-0.05, 0) is 36.7 Å². The van der Waals surface area contributed by atoms with E-state index >= 15 is 0 Å². The largest absolute Gasteiger partial charge is 0.480 e. The predicted octanol–water partition coefficient (Wildman–Crippen LogP) is -0.336. The second-order valence-corrected chi connectivity index (χ2v) is 11.3. The zero-order chi connectivity index (χ0) is 31.6. The van der Waals surface area contributed by atoms with Crippen LogP contribution in [0.3, 0.4) is 0 Å².